The highest BCUT2D eigenvalue weighted by atomic mass is 16.5. The van der Waals surface area contributed by atoms with Gasteiger partial charge in [0.05, 0.1) is 31.6 Å². The molecule has 4 rings (SSSR count). The number of ketones is 1. The lowest BCUT2D eigenvalue weighted by atomic mass is 9.82. The molecule has 3 aliphatic rings. The van der Waals surface area contributed by atoms with E-state index in [1.165, 1.54) is 0 Å². The van der Waals surface area contributed by atoms with Crippen molar-refractivity contribution in [1.82, 2.24) is 9.80 Å². The Labute approximate surface area is 176 Å². The Morgan fingerprint density at radius 1 is 1.23 bits per heavy atom. The second-order valence-corrected chi connectivity index (χ2v) is 8.31. The van der Waals surface area contributed by atoms with Gasteiger partial charge in [-0.05, 0) is 12.1 Å². The van der Waals surface area contributed by atoms with Crippen molar-refractivity contribution in [3.63, 3.8) is 0 Å². The van der Waals surface area contributed by atoms with Crippen LogP contribution in [0.4, 0.5) is 0 Å². The predicted octanol–water partition coefficient (Wildman–Crippen LogP) is 1.52. The van der Waals surface area contributed by atoms with E-state index in [2.05, 4.69) is 0 Å². The van der Waals surface area contributed by atoms with Crippen molar-refractivity contribution < 1.29 is 28.6 Å². The van der Waals surface area contributed by atoms with Gasteiger partial charge in [0, 0.05) is 58.6 Å². The highest BCUT2D eigenvalue weighted by Crippen LogP contribution is 2.41. The summed E-state index contributed by atoms with van der Waals surface area (Å²) in [5.74, 6) is 0.986. The van der Waals surface area contributed by atoms with Crippen LogP contribution in [0, 0.1) is 5.92 Å². The third-order valence-corrected chi connectivity index (χ3v) is 6.41. The Kier molecular flexibility index (Phi) is 5.69. The predicted molar refractivity (Wildman–Crippen MR) is 108 cm³/mol. The van der Waals surface area contributed by atoms with E-state index in [1.807, 2.05) is 4.90 Å². The first-order valence-corrected chi connectivity index (χ1v) is 10.4. The summed E-state index contributed by atoms with van der Waals surface area (Å²) in [7, 11) is 3.18. The molecule has 30 heavy (non-hydrogen) atoms. The lowest BCUT2D eigenvalue weighted by molar-refractivity contribution is -0.139. The molecular weight excluding hydrogens is 388 g/mol. The zero-order valence-corrected chi connectivity index (χ0v) is 17.5. The average Bonchev–Trinajstić information content (AvgIpc) is 3.12. The van der Waals surface area contributed by atoms with E-state index in [-0.39, 0.29) is 29.9 Å². The van der Waals surface area contributed by atoms with Crippen LogP contribution in [0.5, 0.6) is 11.5 Å². The first-order chi connectivity index (χ1) is 14.4. The second-order valence-electron chi connectivity index (χ2n) is 8.31. The minimum absolute atomic E-state index is 0.00523. The number of carbonyl (C=O) groups is 3. The smallest absolute Gasteiger partial charge is 0.227 e. The maximum absolute atomic E-state index is 13.0. The third kappa shape index (κ3) is 3.88. The van der Waals surface area contributed by atoms with Gasteiger partial charge in [0.1, 0.15) is 17.1 Å². The number of fused-ring (bicyclic) bond motifs is 1. The molecule has 1 unspecified atom stereocenters. The molecule has 0 N–H and O–H groups in total. The number of ether oxygens (including phenoxy) is 3. The topological polar surface area (TPSA) is 85.4 Å². The normalized spacial score (nSPS) is 22.8. The highest BCUT2D eigenvalue weighted by molar-refractivity contribution is 6.00. The van der Waals surface area contributed by atoms with Crippen molar-refractivity contribution in [3.8, 4) is 11.5 Å². The summed E-state index contributed by atoms with van der Waals surface area (Å²) in [4.78, 5) is 41.3. The fourth-order valence-electron chi connectivity index (χ4n) is 4.63. The minimum atomic E-state index is -0.580. The summed E-state index contributed by atoms with van der Waals surface area (Å²) in [6, 6.07) is 5.26. The first kappa shape index (κ1) is 20.7. The number of hydrogen-bond acceptors (Lipinski definition) is 6. The molecule has 2 amide bonds. The van der Waals surface area contributed by atoms with Crippen molar-refractivity contribution in [2.75, 3.05) is 47.0 Å². The summed E-state index contributed by atoms with van der Waals surface area (Å²) in [5.41, 5.74) is 0.00371. The maximum Gasteiger partial charge on any atom is 0.227 e. The van der Waals surface area contributed by atoms with Gasteiger partial charge in [-0.1, -0.05) is 0 Å². The molecule has 1 aromatic carbocycles. The quantitative estimate of drug-likeness (QED) is 0.724. The van der Waals surface area contributed by atoms with Crippen LogP contribution < -0.4 is 9.47 Å². The lowest BCUT2D eigenvalue weighted by Gasteiger charge is -2.44. The Morgan fingerprint density at radius 2 is 2.00 bits per heavy atom. The van der Waals surface area contributed by atoms with Gasteiger partial charge in [-0.15, -0.1) is 0 Å². The molecule has 0 radical (unpaired) electrons. The van der Waals surface area contributed by atoms with E-state index in [9.17, 15) is 14.4 Å². The lowest BCUT2D eigenvalue weighted by Crippen LogP contribution is -2.53. The summed E-state index contributed by atoms with van der Waals surface area (Å²) in [6.07, 6.45) is 1.76. The molecule has 3 heterocycles. The van der Waals surface area contributed by atoms with Crippen molar-refractivity contribution >= 4 is 17.6 Å². The zero-order chi connectivity index (χ0) is 21.3. The van der Waals surface area contributed by atoms with Crippen LogP contribution >= 0.6 is 0 Å². The number of rotatable bonds is 5. The van der Waals surface area contributed by atoms with Crippen molar-refractivity contribution in [1.29, 1.82) is 0 Å². The Balaban J connectivity index is 1.38. The number of amides is 2. The van der Waals surface area contributed by atoms with Crippen LogP contribution in [0.25, 0.3) is 0 Å². The summed E-state index contributed by atoms with van der Waals surface area (Å²) >= 11 is 0. The molecule has 2 saturated heterocycles. The molecule has 3 aliphatic heterocycles. The maximum atomic E-state index is 13.0. The van der Waals surface area contributed by atoms with Crippen LogP contribution in [-0.4, -0.2) is 80.0 Å². The summed E-state index contributed by atoms with van der Waals surface area (Å²) < 4.78 is 16.6. The fourth-order valence-corrected chi connectivity index (χ4v) is 4.63. The molecule has 8 heteroatoms. The van der Waals surface area contributed by atoms with Gasteiger partial charge in [0.2, 0.25) is 11.8 Å². The number of piperidine rings is 1. The fraction of sp³-hybridized carbons (Fsp3) is 0.591. The number of carbonyl (C=O) groups excluding carboxylic acids is 3. The molecule has 0 aromatic heterocycles. The van der Waals surface area contributed by atoms with E-state index in [0.717, 1.165) is 0 Å². The number of benzene rings is 1. The van der Waals surface area contributed by atoms with Crippen molar-refractivity contribution in [2.45, 2.75) is 31.3 Å². The Hall–Kier alpha value is -2.61. The van der Waals surface area contributed by atoms with Crippen LogP contribution in [0.3, 0.4) is 0 Å². The van der Waals surface area contributed by atoms with E-state index in [0.29, 0.717) is 69.1 Å². The Morgan fingerprint density at radius 3 is 2.70 bits per heavy atom. The largest absolute Gasteiger partial charge is 0.497 e. The standard InChI is InChI=1S/C22H28N2O6/c1-28-10-9-24-14-15(11-20(24)26)21(27)23-7-5-22(6-8-23)13-18(25)17-4-3-16(29-2)12-19(17)30-22/h3-4,12,15H,5-11,13-14H2,1-2H3. The van der Waals surface area contributed by atoms with Gasteiger partial charge in [-0.3, -0.25) is 14.4 Å². The number of methoxy groups -OCH3 is 2. The molecule has 8 nitrogen and oxygen atoms in total. The van der Waals surface area contributed by atoms with Gasteiger partial charge in [0.15, 0.2) is 5.78 Å². The molecule has 1 atom stereocenters. The Bertz CT molecular complexity index is 846. The van der Waals surface area contributed by atoms with Gasteiger partial charge >= 0.3 is 0 Å². The van der Waals surface area contributed by atoms with Gasteiger partial charge in [0.25, 0.3) is 0 Å². The van der Waals surface area contributed by atoms with Crippen LogP contribution in [0.2, 0.25) is 0 Å². The van der Waals surface area contributed by atoms with Crippen molar-refractivity contribution in [2.24, 2.45) is 5.92 Å². The molecule has 2 fully saturated rings. The van der Waals surface area contributed by atoms with E-state index in [4.69, 9.17) is 14.2 Å². The highest BCUT2D eigenvalue weighted by Gasteiger charge is 2.45. The number of Topliss-reactive ketones (excluding diaryl/α,β-unsaturated/α-hetero) is 1. The second kappa shape index (κ2) is 8.26. The number of likely N-dealkylation sites (tertiary alicyclic amines) is 2. The monoisotopic (exact) mass is 416 g/mol. The van der Waals surface area contributed by atoms with E-state index < -0.39 is 5.60 Å². The van der Waals surface area contributed by atoms with Gasteiger partial charge < -0.3 is 24.0 Å². The van der Waals surface area contributed by atoms with Crippen LogP contribution in [0.15, 0.2) is 18.2 Å². The van der Waals surface area contributed by atoms with Gasteiger partial charge in [-0.25, -0.2) is 0 Å². The van der Waals surface area contributed by atoms with Gasteiger partial charge in [-0.2, -0.15) is 0 Å². The van der Waals surface area contributed by atoms with Crippen molar-refractivity contribution in [3.05, 3.63) is 23.8 Å². The molecule has 0 aliphatic carbocycles. The SMILES string of the molecule is COCCN1CC(C(=O)N2CCC3(CC2)CC(=O)c2ccc(OC)cc2O3)CC1=O. The molecule has 1 aromatic rings. The summed E-state index contributed by atoms with van der Waals surface area (Å²) in [5, 5.41) is 0. The van der Waals surface area contributed by atoms with Crippen LogP contribution in [-0.2, 0) is 14.3 Å². The van der Waals surface area contributed by atoms with E-state index in [1.54, 1.807) is 37.3 Å². The van der Waals surface area contributed by atoms with Crippen LogP contribution in [0.1, 0.15) is 36.0 Å². The minimum Gasteiger partial charge on any atom is -0.497 e. The molecular formula is C22H28N2O6. The zero-order valence-electron chi connectivity index (χ0n) is 17.5. The van der Waals surface area contributed by atoms with E-state index >= 15 is 0 Å². The first-order valence-electron chi connectivity index (χ1n) is 10.4. The number of nitrogens with zero attached hydrogens (tertiary/aromatic N) is 2. The molecule has 0 saturated carbocycles. The average molecular weight is 416 g/mol. The number of hydrogen-bond donors (Lipinski definition) is 0. The molecule has 162 valence electrons. The summed E-state index contributed by atoms with van der Waals surface area (Å²) in [6.45, 7) is 2.48. The third-order valence-electron chi connectivity index (χ3n) is 6.41. The molecule has 0 bridgehead atoms. The molecule has 1 spiro atoms.